The van der Waals surface area contributed by atoms with Crippen molar-refractivity contribution in [1.29, 1.82) is 0 Å². The first-order chi connectivity index (χ1) is 8.56. The topological polar surface area (TPSA) is 50.9 Å². The Balaban J connectivity index is 2.13. The van der Waals surface area contributed by atoms with E-state index >= 15 is 0 Å². The number of pyridine rings is 1. The molecule has 0 saturated heterocycles. The van der Waals surface area contributed by atoms with Crippen LogP contribution in [0.5, 0.6) is 0 Å². The van der Waals surface area contributed by atoms with Crippen molar-refractivity contribution >= 4 is 27.3 Å². The summed E-state index contributed by atoms with van der Waals surface area (Å²) >= 11 is 3.09. The van der Waals surface area contributed by atoms with Crippen LogP contribution in [-0.4, -0.2) is 4.98 Å². The maximum Gasteiger partial charge on any atom is 0.139 e. The Labute approximate surface area is 113 Å². The zero-order valence-electron chi connectivity index (χ0n) is 9.87. The number of nitrogens with zero attached hydrogens (tertiary/aromatic N) is 1. The molecule has 0 fully saturated rings. The molecule has 0 amide bonds. The summed E-state index contributed by atoms with van der Waals surface area (Å²) in [5.41, 5.74) is 8.70. The van der Waals surface area contributed by atoms with Crippen LogP contribution < -0.4 is 11.1 Å². The minimum absolute atomic E-state index is 0.344. The molecule has 5 heteroatoms. The van der Waals surface area contributed by atoms with Crippen molar-refractivity contribution in [3.05, 3.63) is 52.0 Å². The molecule has 3 nitrogen and oxygen atoms in total. The van der Waals surface area contributed by atoms with Crippen LogP contribution in [0.15, 0.2) is 34.8 Å². The van der Waals surface area contributed by atoms with Crippen molar-refractivity contribution in [2.24, 2.45) is 0 Å². The second-order valence-electron chi connectivity index (χ2n) is 3.98. The molecule has 1 heterocycles. The van der Waals surface area contributed by atoms with E-state index in [2.05, 4.69) is 26.2 Å². The number of aryl methyl sites for hydroxylation is 1. The molecule has 0 saturated carbocycles. The van der Waals surface area contributed by atoms with Crippen LogP contribution in [0.1, 0.15) is 11.4 Å². The molecule has 3 N–H and O–H groups in total. The van der Waals surface area contributed by atoms with Crippen molar-refractivity contribution < 1.29 is 4.39 Å². The van der Waals surface area contributed by atoms with Gasteiger partial charge in [0.25, 0.3) is 0 Å². The third-order valence-electron chi connectivity index (χ3n) is 2.50. The summed E-state index contributed by atoms with van der Waals surface area (Å²) in [7, 11) is 0. The Morgan fingerprint density at radius 3 is 2.89 bits per heavy atom. The Morgan fingerprint density at radius 1 is 1.39 bits per heavy atom. The molecule has 1 aromatic heterocycles. The lowest BCUT2D eigenvalue weighted by Crippen LogP contribution is -2.05. The zero-order chi connectivity index (χ0) is 13.1. The number of anilines is 2. The second kappa shape index (κ2) is 5.35. The molecule has 0 radical (unpaired) electrons. The summed E-state index contributed by atoms with van der Waals surface area (Å²) < 4.78 is 13.8. The van der Waals surface area contributed by atoms with Gasteiger partial charge in [0.15, 0.2) is 0 Å². The number of benzene rings is 1. The van der Waals surface area contributed by atoms with Crippen LogP contribution in [-0.2, 0) is 6.54 Å². The van der Waals surface area contributed by atoms with Gasteiger partial charge >= 0.3 is 0 Å². The van der Waals surface area contributed by atoms with Crippen molar-refractivity contribution in [3.8, 4) is 0 Å². The molecule has 18 heavy (non-hydrogen) atoms. The summed E-state index contributed by atoms with van der Waals surface area (Å²) in [5, 5.41) is 3.08. The van der Waals surface area contributed by atoms with Gasteiger partial charge in [0, 0.05) is 11.8 Å². The molecule has 1 aromatic carbocycles. The van der Waals surface area contributed by atoms with Crippen molar-refractivity contribution in [3.63, 3.8) is 0 Å². The van der Waals surface area contributed by atoms with E-state index in [9.17, 15) is 4.39 Å². The molecular weight excluding hydrogens is 297 g/mol. The maximum atomic E-state index is 13.4. The third kappa shape index (κ3) is 2.98. The third-order valence-corrected chi connectivity index (χ3v) is 3.11. The molecule has 0 aliphatic heterocycles. The van der Waals surface area contributed by atoms with E-state index in [1.807, 2.05) is 25.1 Å². The van der Waals surface area contributed by atoms with Gasteiger partial charge in [-0.1, -0.05) is 6.07 Å². The van der Waals surface area contributed by atoms with Gasteiger partial charge in [-0.3, -0.25) is 4.98 Å². The summed E-state index contributed by atoms with van der Waals surface area (Å²) in [6.45, 7) is 2.43. The Morgan fingerprint density at radius 2 is 2.17 bits per heavy atom. The van der Waals surface area contributed by atoms with Crippen LogP contribution in [0.4, 0.5) is 15.8 Å². The molecule has 0 spiro atoms. The van der Waals surface area contributed by atoms with Gasteiger partial charge in [0.1, 0.15) is 5.82 Å². The molecule has 0 bridgehead atoms. The first-order valence-corrected chi connectivity index (χ1v) is 6.26. The SMILES string of the molecule is Cc1cccc(CNc2cc(F)c(Br)cc2N)n1. The predicted molar refractivity (Wildman–Crippen MR) is 74.8 cm³/mol. The summed E-state index contributed by atoms with van der Waals surface area (Å²) in [5.74, 6) is -0.344. The van der Waals surface area contributed by atoms with Crippen molar-refractivity contribution in [1.82, 2.24) is 4.98 Å². The highest BCUT2D eigenvalue weighted by molar-refractivity contribution is 9.10. The number of nitrogens with one attached hydrogen (secondary N) is 1. The predicted octanol–water partition coefficient (Wildman–Crippen LogP) is 3.49. The lowest BCUT2D eigenvalue weighted by atomic mass is 10.2. The molecule has 2 rings (SSSR count). The molecule has 0 aliphatic rings. The Hall–Kier alpha value is -1.62. The van der Waals surface area contributed by atoms with Gasteiger partial charge in [0.05, 0.1) is 28.1 Å². The minimum atomic E-state index is -0.344. The van der Waals surface area contributed by atoms with Gasteiger partial charge in [-0.15, -0.1) is 0 Å². The van der Waals surface area contributed by atoms with Crippen LogP contribution >= 0.6 is 15.9 Å². The molecule has 0 atom stereocenters. The van der Waals surface area contributed by atoms with E-state index in [0.717, 1.165) is 11.4 Å². The van der Waals surface area contributed by atoms with Gasteiger partial charge < -0.3 is 11.1 Å². The number of nitrogens with two attached hydrogens (primary N) is 1. The number of hydrogen-bond acceptors (Lipinski definition) is 3. The average Bonchev–Trinajstić information content (AvgIpc) is 2.32. The van der Waals surface area contributed by atoms with Crippen LogP contribution in [0.2, 0.25) is 0 Å². The Kier molecular flexibility index (Phi) is 3.81. The molecule has 94 valence electrons. The minimum Gasteiger partial charge on any atom is -0.397 e. The van der Waals surface area contributed by atoms with Crippen molar-refractivity contribution in [2.45, 2.75) is 13.5 Å². The highest BCUT2D eigenvalue weighted by Gasteiger charge is 2.06. The van der Waals surface area contributed by atoms with Crippen LogP contribution in [0.3, 0.4) is 0 Å². The zero-order valence-corrected chi connectivity index (χ0v) is 11.5. The first-order valence-electron chi connectivity index (χ1n) is 5.47. The van der Waals surface area contributed by atoms with Gasteiger partial charge in [-0.25, -0.2) is 4.39 Å². The summed E-state index contributed by atoms with van der Waals surface area (Å²) in [6, 6.07) is 8.68. The highest BCUT2D eigenvalue weighted by atomic mass is 79.9. The summed E-state index contributed by atoms with van der Waals surface area (Å²) in [6.07, 6.45) is 0. The quantitative estimate of drug-likeness (QED) is 0.853. The van der Waals surface area contributed by atoms with E-state index < -0.39 is 0 Å². The normalized spacial score (nSPS) is 10.4. The van der Waals surface area contributed by atoms with E-state index in [4.69, 9.17) is 5.73 Å². The van der Waals surface area contributed by atoms with Crippen molar-refractivity contribution in [2.75, 3.05) is 11.1 Å². The average molecular weight is 310 g/mol. The van der Waals surface area contributed by atoms with E-state index in [1.165, 1.54) is 6.07 Å². The molecule has 0 unspecified atom stereocenters. The lowest BCUT2D eigenvalue weighted by Gasteiger charge is -2.10. The largest absolute Gasteiger partial charge is 0.397 e. The van der Waals surface area contributed by atoms with Crippen LogP contribution in [0, 0.1) is 12.7 Å². The van der Waals surface area contributed by atoms with Gasteiger partial charge in [0.2, 0.25) is 0 Å². The Bertz CT molecular complexity index is 572. The van der Waals surface area contributed by atoms with Gasteiger partial charge in [-0.05, 0) is 41.1 Å². The fourth-order valence-electron chi connectivity index (χ4n) is 1.60. The maximum absolute atomic E-state index is 13.4. The number of hydrogen-bond donors (Lipinski definition) is 2. The standard InChI is InChI=1S/C13H13BrFN3/c1-8-3-2-4-9(18-8)7-17-13-6-11(15)10(14)5-12(13)16/h2-6,17H,7,16H2,1H3. The van der Waals surface area contributed by atoms with Crippen LogP contribution in [0.25, 0.3) is 0 Å². The second-order valence-corrected chi connectivity index (χ2v) is 4.83. The fourth-order valence-corrected chi connectivity index (χ4v) is 1.96. The molecule has 0 aliphatic carbocycles. The number of aromatic nitrogens is 1. The number of halogens is 2. The van der Waals surface area contributed by atoms with Gasteiger partial charge in [-0.2, -0.15) is 0 Å². The highest BCUT2D eigenvalue weighted by Crippen LogP contribution is 2.26. The lowest BCUT2D eigenvalue weighted by molar-refractivity contribution is 0.621. The number of rotatable bonds is 3. The van der Waals surface area contributed by atoms with E-state index in [0.29, 0.717) is 22.4 Å². The fraction of sp³-hybridized carbons (Fsp3) is 0.154. The first kappa shape index (κ1) is 12.8. The summed E-state index contributed by atoms with van der Waals surface area (Å²) in [4.78, 5) is 4.35. The number of nitrogen functional groups attached to an aromatic ring is 1. The van der Waals surface area contributed by atoms with E-state index in [1.54, 1.807) is 6.07 Å². The molecular formula is C13H13BrFN3. The smallest absolute Gasteiger partial charge is 0.139 e. The monoisotopic (exact) mass is 309 g/mol. The molecule has 2 aromatic rings. The van der Waals surface area contributed by atoms with E-state index in [-0.39, 0.29) is 5.82 Å².